The molecule has 1 aliphatic rings. The molecule has 0 saturated carbocycles. The van der Waals surface area contributed by atoms with Crippen LogP contribution in [0.1, 0.15) is 49.0 Å². The van der Waals surface area contributed by atoms with E-state index in [9.17, 15) is 9.59 Å². The number of hydrogen-bond donors (Lipinski definition) is 0. The van der Waals surface area contributed by atoms with E-state index in [4.69, 9.17) is 4.74 Å². The van der Waals surface area contributed by atoms with E-state index in [1.54, 1.807) is 23.1 Å². The molecule has 1 amide bonds. The third kappa shape index (κ3) is 4.28. The molecule has 3 rings (SSSR count). The van der Waals surface area contributed by atoms with Crippen LogP contribution in [0.25, 0.3) is 0 Å². The molecule has 0 bridgehead atoms. The van der Waals surface area contributed by atoms with Gasteiger partial charge in [0.05, 0.1) is 12.1 Å². The van der Waals surface area contributed by atoms with Gasteiger partial charge in [-0.3, -0.25) is 4.79 Å². The van der Waals surface area contributed by atoms with Crippen LogP contribution in [0.5, 0.6) is 0 Å². The zero-order valence-electron chi connectivity index (χ0n) is 15.2. The Bertz CT molecular complexity index is 733. The molecule has 1 aliphatic heterocycles. The van der Waals surface area contributed by atoms with Gasteiger partial charge in [-0.2, -0.15) is 5.10 Å². The summed E-state index contributed by atoms with van der Waals surface area (Å²) in [5.74, 6) is -0.608. The highest BCUT2D eigenvalue weighted by atomic mass is 16.5. The average molecular weight is 356 g/mol. The predicted molar refractivity (Wildman–Crippen MR) is 95.5 cm³/mol. The first-order chi connectivity index (χ1) is 12.5. The molecule has 7 nitrogen and oxygen atoms in total. The van der Waals surface area contributed by atoms with Gasteiger partial charge >= 0.3 is 5.97 Å². The fourth-order valence-electron chi connectivity index (χ4n) is 3.45. The monoisotopic (exact) mass is 356 g/mol. The first-order valence-corrected chi connectivity index (χ1v) is 8.94. The van der Waals surface area contributed by atoms with Crippen molar-refractivity contribution in [2.75, 3.05) is 6.61 Å². The number of esters is 1. The van der Waals surface area contributed by atoms with Gasteiger partial charge in [-0.25, -0.2) is 14.5 Å². The summed E-state index contributed by atoms with van der Waals surface area (Å²) in [5, 5.41) is 4.05. The molecule has 1 aromatic heterocycles. The molecule has 0 spiro atoms. The first kappa shape index (κ1) is 18.1. The number of ether oxygens (including phenoxy) is 1. The van der Waals surface area contributed by atoms with Crippen molar-refractivity contribution in [1.82, 2.24) is 19.7 Å². The molecule has 2 unspecified atom stereocenters. The fourth-order valence-corrected chi connectivity index (χ4v) is 3.45. The lowest BCUT2D eigenvalue weighted by molar-refractivity contribution is -0.140. The van der Waals surface area contributed by atoms with Gasteiger partial charge in [0, 0.05) is 12.1 Å². The minimum absolute atomic E-state index is 0.124. The zero-order chi connectivity index (χ0) is 18.5. The Hall–Kier alpha value is -2.70. The maximum Gasteiger partial charge on any atom is 0.338 e. The maximum absolute atomic E-state index is 12.4. The lowest BCUT2D eigenvalue weighted by Crippen LogP contribution is -2.49. The molecule has 2 aromatic rings. The molecule has 1 aromatic carbocycles. The summed E-state index contributed by atoms with van der Waals surface area (Å²) < 4.78 is 6.93. The Labute approximate surface area is 153 Å². The number of rotatable bonds is 5. The Morgan fingerprint density at radius 3 is 2.46 bits per heavy atom. The van der Waals surface area contributed by atoms with E-state index in [0.717, 1.165) is 24.8 Å². The van der Waals surface area contributed by atoms with Gasteiger partial charge in [0.15, 0.2) is 6.61 Å². The molecule has 0 radical (unpaired) electrons. The van der Waals surface area contributed by atoms with Crippen molar-refractivity contribution in [2.24, 2.45) is 0 Å². The zero-order valence-corrected chi connectivity index (χ0v) is 15.2. The number of amides is 1. The molecule has 7 heteroatoms. The maximum atomic E-state index is 12.4. The van der Waals surface area contributed by atoms with E-state index in [0.29, 0.717) is 12.1 Å². The summed E-state index contributed by atoms with van der Waals surface area (Å²) in [5.41, 5.74) is 1.43. The SMILES string of the molecule is CC1CCCC(C)N1C(=O)COC(=O)c1ccc(Cn2cncn2)cc1. The molecule has 2 atom stereocenters. The second-order valence-corrected chi connectivity index (χ2v) is 6.80. The van der Waals surface area contributed by atoms with E-state index in [1.807, 2.05) is 30.9 Å². The van der Waals surface area contributed by atoms with Crippen molar-refractivity contribution < 1.29 is 14.3 Å². The van der Waals surface area contributed by atoms with Crippen LogP contribution in [0.15, 0.2) is 36.9 Å². The van der Waals surface area contributed by atoms with Crippen LogP contribution >= 0.6 is 0 Å². The first-order valence-electron chi connectivity index (χ1n) is 8.94. The van der Waals surface area contributed by atoms with Crippen LogP contribution in [0.3, 0.4) is 0 Å². The quantitative estimate of drug-likeness (QED) is 0.768. The van der Waals surface area contributed by atoms with Gasteiger partial charge in [-0.05, 0) is 50.8 Å². The third-order valence-corrected chi connectivity index (χ3v) is 4.81. The number of carbonyl (C=O) groups is 2. The molecule has 2 heterocycles. The van der Waals surface area contributed by atoms with Crippen LogP contribution in [0, 0.1) is 0 Å². The van der Waals surface area contributed by atoms with Gasteiger partial charge in [0.1, 0.15) is 12.7 Å². The molecule has 0 N–H and O–H groups in total. The third-order valence-electron chi connectivity index (χ3n) is 4.81. The molecule has 138 valence electrons. The standard InChI is InChI=1S/C19H24N4O3/c1-14-4-3-5-15(2)23(14)18(24)11-26-19(25)17-8-6-16(7-9-17)10-22-13-20-12-21-22/h6-9,12-15H,3-5,10-11H2,1-2H3. The van der Waals surface area contributed by atoms with Crippen LogP contribution in [-0.2, 0) is 16.1 Å². The molecule has 0 aliphatic carbocycles. The summed E-state index contributed by atoms with van der Waals surface area (Å²) >= 11 is 0. The smallest absolute Gasteiger partial charge is 0.338 e. The minimum Gasteiger partial charge on any atom is -0.452 e. The fraction of sp³-hybridized carbons (Fsp3) is 0.474. The highest BCUT2D eigenvalue weighted by molar-refractivity contribution is 5.91. The normalized spacial score (nSPS) is 20.0. The number of carbonyl (C=O) groups excluding carboxylic acids is 2. The molecule has 1 fully saturated rings. The lowest BCUT2D eigenvalue weighted by atomic mass is 9.97. The van der Waals surface area contributed by atoms with Crippen molar-refractivity contribution in [3.8, 4) is 0 Å². The van der Waals surface area contributed by atoms with Gasteiger partial charge in [0.25, 0.3) is 5.91 Å². The summed E-state index contributed by atoms with van der Waals surface area (Å²) in [7, 11) is 0. The van der Waals surface area contributed by atoms with Gasteiger partial charge in [-0.15, -0.1) is 0 Å². The summed E-state index contributed by atoms with van der Waals surface area (Å²) in [6, 6.07) is 7.47. The van der Waals surface area contributed by atoms with E-state index in [1.165, 1.54) is 6.33 Å². The topological polar surface area (TPSA) is 77.3 Å². The molecule has 1 saturated heterocycles. The molecular weight excluding hydrogens is 332 g/mol. The molecular formula is C19H24N4O3. The van der Waals surface area contributed by atoms with Crippen LogP contribution < -0.4 is 0 Å². The van der Waals surface area contributed by atoms with Crippen molar-refractivity contribution in [1.29, 1.82) is 0 Å². The van der Waals surface area contributed by atoms with E-state index in [-0.39, 0.29) is 24.6 Å². The Morgan fingerprint density at radius 2 is 1.85 bits per heavy atom. The number of aromatic nitrogens is 3. The molecule has 26 heavy (non-hydrogen) atoms. The second-order valence-electron chi connectivity index (χ2n) is 6.80. The van der Waals surface area contributed by atoms with E-state index < -0.39 is 5.97 Å². The van der Waals surface area contributed by atoms with Crippen molar-refractivity contribution in [2.45, 2.75) is 51.7 Å². The van der Waals surface area contributed by atoms with Crippen LogP contribution in [0.2, 0.25) is 0 Å². The second kappa shape index (κ2) is 8.12. The number of piperidine rings is 1. The van der Waals surface area contributed by atoms with E-state index >= 15 is 0 Å². The Kier molecular flexibility index (Phi) is 5.65. The van der Waals surface area contributed by atoms with Crippen molar-refractivity contribution in [3.63, 3.8) is 0 Å². The summed E-state index contributed by atoms with van der Waals surface area (Å²) in [4.78, 5) is 30.4. The summed E-state index contributed by atoms with van der Waals surface area (Å²) in [6.45, 7) is 4.46. The Balaban J connectivity index is 1.53. The lowest BCUT2D eigenvalue weighted by Gasteiger charge is -2.38. The van der Waals surface area contributed by atoms with Crippen LogP contribution in [0.4, 0.5) is 0 Å². The van der Waals surface area contributed by atoms with Gasteiger partial charge in [0.2, 0.25) is 0 Å². The number of likely N-dealkylation sites (tertiary alicyclic amines) is 1. The Morgan fingerprint density at radius 1 is 1.15 bits per heavy atom. The van der Waals surface area contributed by atoms with Crippen molar-refractivity contribution in [3.05, 3.63) is 48.0 Å². The van der Waals surface area contributed by atoms with Gasteiger partial charge in [-0.1, -0.05) is 12.1 Å². The summed E-state index contributed by atoms with van der Waals surface area (Å²) in [6.07, 6.45) is 6.24. The average Bonchev–Trinajstić information content (AvgIpc) is 3.13. The number of benzene rings is 1. The van der Waals surface area contributed by atoms with Crippen LogP contribution in [-0.4, -0.2) is 50.2 Å². The minimum atomic E-state index is -0.483. The number of nitrogens with zero attached hydrogens (tertiary/aromatic N) is 4. The predicted octanol–water partition coefficient (Wildman–Crippen LogP) is 2.27. The van der Waals surface area contributed by atoms with E-state index in [2.05, 4.69) is 10.1 Å². The number of hydrogen-bond acceptors (Lipinski definition) is 5. The largest absolute Gasteiger partial charge is 0.452 e. The highest BCUT2D eigenvalue weighted by Crippen LogP contribution is 2.22. The highest BCUT2D eigenvalue weighted by Gasteiger charge is 2.29. The van der Waals surface area contributed by atoms with Gasteiger partial charge < -0.3 is 9.64 Å². The van der Waals surface area contributed by atoms with Crippen molar-refractivity contribution >= 4 is 11.9 Å².